The molecular formula is C26H18BrNO2. The van der Waals surface area contributed by atoms with E-state index in [0.717, 1.165) is 28.1 Å². The molecule has 0 aliphatic carbocycles. The molecule has 0 unspecified atom stereocenters. The summed E-state index contributed by atoms with van der Waals surface area (Å²) in [7, 11) is 0. The molecule has 2 amide bonds. The molecule has 0 atom stereocenters. The van der Waals surface area contributed by atoms with Gasteiger partial charge < -0.3 is 0 Å². The Hall–Kier alpha value is -3.24. The van der Waals surface area contributed by atoms with Gasteiger partial charge in [-0.05, 0) is 59.7 Å². The average molecular weight is 456 g/mol. The predicted octanol–water partition coefficient (Wildman–Crippen LogP) is 6.19. The quantitative estimate of drug-likeness (QED) is 0.344. The van der Waals surface area contributed by atoms with Crippen molar-refractivity contribution in [3.05, 3.63) is 112 Å². The van der Waals surface area contributed by atoms with E-state index in [1.165, 1.54) is 16.0 Å². The van der Waals surface area contributed by atoms with Crippen molar-refractivity contribution in [1.82, 2.24) is 0 Å². The molecule has 4 aromatic carbocycles. The molecule has 3 nitrogen and oxygen atoms in total. The van der Waals surface area contributed by atoms with E-state index in [0.29, 0.717) is 16.8 Å². The first kappa shape index (κ1) is 18.8. The molecule has 1 heterocycles. The van der Waals surface area contributed by atoms with E-state index in [1.54, 1.807) is 12.1 Å². The Morgan fingerprint density at radius 3 is 1.97 bits per heavy atom. The van der Waals surface area contributed by atoms with Crippen molar-refractivity contribution in [3.63, 3.8) is 0 Å². The zero-order valence-corrected chi connectivity index (χ0v) is 17.7. The molecule has 0 bridgehead atoms. The fourth-order valence-corrected chi connectivity index (χ4v) is 4.50. The van der Waals surface area contributed by atoms with Crippen LogP contribution in [0.3, 0.4) is 0 Å². The number of amides is 2. The number of benzene rings is 4. The van der Waals surface area contributed by atoms with Crippen LogP contribution in [0.2, 0.25) is 0 Å². The Bertz CT molecular complexity index is 1260. The van der Waals surface area contributed by atoms with Crippen LogP contribution < -0.4 is 4.90 Å². The zero-order valence-electron chi connectivity index (χ0n) is 16.1. The van der Waals surface area contributed by atoms with Crippen LogP contribution in [0.5, 0.6) is 0 Å². The molecule has 0 spiro atoms. The summed E-state index contributed by atoms with van der Waals surface area (Å²) >= 11 is 3.52. The van der Waals surface area contributed by atoms with Crippen molar-refractivity contribution in [3.8, 4) is 0 Å². The maximum atomic E-state index is 13.2. The Morgan fingerprint density at radius 2 is 1.27 bits per heavy atom. The second kappa shape index (κ2) is 7.54. The summed E-state index contributed by atoms with van der Waals surface area (Å²) in [5.74, 6) is -0.568. The average Bonchev–Trinajstić information content (AvgIpc) is 2.78. The molecule has 0 N–H and O–H groups in total. The smallest absolute Gasteiger partial charge is 0.265 e. The molecule has 1 aliphatic rings. The Balaban J connectivity index is 1.45. The third-order valence-corrected chi connectivity index (χ3v) is 6.29. The normalized spacial score (nSPS) is 13.2. The largest absolute Gasteiger partial charge is 0.268 e. The maximum absolute atomic E-state index is 13.2. The Labute approximate surface area is 183 Å². The molecule has 0 saturated carbocycles. The number of nitrogens with zero attached hydrogens (tertiary/aromatic N) is 1. The van der Waals surface area contributed by atoms with Crippen LogP contribution in [0, 0.1) is 0 Å². The van der Waals surface area contributed by atoms with Crippen LogP contribution in [-0.4, -0.2) is 11.8 Å². The van der Waals surface area contributed by atoms with Crippen LogP contribution in [0.25, 0.3) is 10.8 Å². The minimum absolute atomic E-state index is 0.284. The van der Waals surface area contributed by atoms with Gasteiger partial charge in [0.25, 0.3) is 11.8 Å². The number of halogens is 1. The van der Waals surface area contributed by atoms with Gasteiger partial charge >= 0.3 is 0 Å². The Morgan fingerprint density at radius 1 is 0.633 bits per heavy atom. The molecule has 4 heteroatoms. The van der Waals surface area contributed by atoms with E-state index >= 15 is 0 Å². The molecule has 146 valence electrons. The van der Waals surface area contributed by atoms with Crippen molar-refractivity contribution in [2.75, 3.05) is 4.90 Å². The van der Waals surface area contributed by atoms with Gasteiger partial charge in [-0.15, -0.1) is 0 Å². The van der Waals surface area contributed by atoms with E-state index in [2.05, 4.69) is 28.1 Å². The summed E-state index contributed by atoms with van der Waals surface area (Å²) in [5.41, 5.74) is 4.16. The van der Waals surface area contributed by atoms with Crippen molar-refractivity contribution in [2.45, 2.75) is 12.8 Å². The summed E-state index contributed by atoms with van der Waals surface area (Å²) in [4.78, 5) is 27.7. The van der Waals surface area contributed by atoms with Gasteiger partial charge in [0.15, 0.2) is 0 Å². The SMILES string of the molecule is O=C1c2cccc3c(Br)ccc(c23)C(=O)N1c1ccc(CCc2ccccc2)cc1. The van der Waals surface area contributed by atoms with E-state index < -0.39 is 0 Å². The highest BCUT2D eigenvalue weighted by Gasteiger charge is 2.34. The molecule has 5 rings (SSSR count). The molecule has 0 aromatic heterocycles. The van der Waals surface area contributed by atoms with E-state index in [9.17, 15) is 9.59 Å². The molecule has 30 heavy (non-hydrogen) atoms. The van der Waals surface area contributed by atoms with Gasteiger partial charge in [-0.25, -0.2) is 4.90 Å². The topological polar surface area (TPSA) is 37.4 Å². The first-order valence-electron chi connectivity index (χ1n) is 9.86. The highest BCUT2D eigenvalue weighted by Crippen LogP contribution is 2.36. The standard InChI is InChI=1S/C26H18BrNO2/c27-23-16-15-22-24-20(23)7-4-8-21(24)25(29)28(26(22)30)19-13-11-18(12-14-19)10-9-17-5-2-1-3-6-17/h1-8,11-16H,9-10H2. The van der Waals surface area contributed by atoms with Crippen molar-refractivity contribution in [1.29, 1.82) is 0 Å². The lowest BCUT2D eigenvalue weighted by Crippen LogP contribution is -2.40. The summed E-state index contributed by atoms with van der Waals surface area (Å²) in [6.07, 6.45) is 1.86. The summed E-state index contributed by atoms with van der Waals surface area (Å²) in [6, 6.07) is 27.3. The summed E-state index contributed by atoms with van der Waals surface area (Å²) in [6.45, 7) is 0. The Kier molecular flexibility index (Phi) is 4.72. The van der Waals surface area contributed by atoms with Gasteiger partial charge in [0, 0.05) is 21.0 Å². The molecule has 0 radical (unpaired) electrons. The fraction of sp³-hybridized carbons (Fsp3) is 0.0769. The van der Waals surface area contributed by atoms with Gasteiger partial charge in [0.2, 0.25) is 0 Å². The van der Waals surface area contributed by atoms with Gasteiger partial charge in [-0.1, -0.05) is 70.5 Å². The van der Waals surface area contributed by atoms with Gasteiger partial charge in [0.05, 0.1) is 5.69 Å². The number of hydrogen-bond donors (Lipinski definition) is 0. The van der Waals surface area contributed by atoms with E-state index in [1.807, 2.05) is 60.7 Å². The molecule has 0 fully saturated rings. The van der Waals surface area contributed by atoms with Crippen LogP contribution in [0.15, 0.2) is 89.4 Å². The minimum Gasteiger partial charge on any atom is -0.268 e. The van der Waals surface area contributed by atoms with E-state index in [4.69, 9.17) is 0 Å². The number of hydrogen-bond acceptors (Lipinski definition) is 2. The molecule has 1 aliphatic heterocycles. The molecule has 4 aromatic rings. The maximum Gasteiger partial charge on any atom is 0.265 e. The van der Waals surface area contributed by atoms with Crippen molar-refractivity contribution in [2.24, 2.45) is 0 Å². The highest BCUT2D eigenvalue weighted by molar-refractivity contribution is 9.10. The van der Waals surface area contributed by atoms with Crippen LogP contribution in [0.1, 0.15) is 31.8 Å². The van der Waals surface area contributed by atoms with Gasteiger partial charge in [-0.3, -0.25) is 9.59 Å². The second-order valence-electron chi connectivity index (χ2n) is 7.42. The second-order valence-corrected chi connectivity index (χ2v) is 8.28. The van der Waals surface area contributed by atoms with Gasteiger partial charge in [-0.2, -0.15) is 0 Å². The third-order valence-electron chi connectivity index (χ3n) is 5.59. The highest BCUT2D eigenvalue weighted by atomic mass is 79.9. The van der Waals surface area contributed by atoms with Crippen LogP contribution in [0.4, 0.5) is 5.69 Å². The summed E-state index contributed by atoms with van der Waals surface area (Å²) < 4.78 is 0.875. The number of carbonyl (C=O) groups excluding carboxylic acids is 2. The lowest BCUT2D eigenvalue weighted by Gasteiger charge is -2.27. The first-order valence-corrected chi connectivity index (χ1v) is 10.7. The van der Waals surface area contributed by atoms with E-state index in [-0.39, 0.29) is 11.8 Å². The molecular weight excluding hydrogens is 438 g/mol. The van der Waals surface area contributed by atoms with Crippen molar-refractivity contribution < 1.29 is 9.59 Å². The number of imide groups is 1. The minimum atomic E-state index is -0.284. The van der Waals surface area contributed by atoms with Gasteiger partial charge in [0.1, 0.15) is 0 Å². The third kappa shape index (κ3) is 3.14. The van der Waals surface area contributed by atoms with Crippen LogP contribution in [-0.2, 0) is 12.8 Å². The lowest BCUT2D eigenvalue weighted by molar-refractivity contribution is 0.0893. The van der Waals surface area contributed by atoms with Crippen LogP contribution >= 0.6 is 15.9 Å². The number of aryl methyl sites for hydroxylation is 2. The monoisotopic (exact) mass is 455 g/mol. The molecule has 0 saturated heterocycles. The number of anilines is 1. The number of carbonyl (C=O) groups is 2. The summed E-state index contributed by atoms with van der Waals surface area (Å²) in [5, 5.41) is 1.60. The predicted molar refractivity (Wildman–Crippen MR) is 123 cm³/mol. The fourth-order valence-electron chi connectivity index (χ4n) is 4.04. The number of rotatable bonds is 4. The lowest BCUT2D eigenvalue weighted by atomic mass is 9.93. The first-order chi connectivity index (χ1) is 14.6. The van der Waals surface area contributed by atoms with Crippen molar-refractivity contribution >= 4 is 44.2 Å². The zero-order chi connectivity index (χ0) is 20.7.